The Hall–Kier alpha value is -1.25. The second-order valence-corrected chi connectivity index (χ2v) is 3.98. The lowest BCUT2D eigenvalue weighted by Crippen LogP contribution is -2.17. The van der Waals surface area contributed by atoms with E-state index < -0.39 is 5.67 Å². The van der Waals surface area contributed by atoms with Crippen LogP contribution >= 0.6 is 0 Å². The van der Waals surface area contributed by atoms with Gasteiger partial charge in [0, 0.05) is 6.54 Å². The summed E-state index contributed by atoms with van der Waals surface area (Å²) in [6.07, 6.45) is 0.474. The Morgan fingerprint density at radius 1 is 1.36 bits per heavy atom. The van der Waals surface area contributed by atoms with Gasteiger partial charge in [0.05, 0.1) is 11.4 Å². The molecule has 0 aromatic heterocycles. The molecule has 14 heavy (non-hydrogen) atoms. The number of nitrogens with one attached hydrogen (secondary N) is 1. The summed E-state index contributed by atoms with van der Waals surface area (Å²) in [5, 5.41) is 3.10. The van der Waals surface area contributed by atoms with Gasteiger partial charge in [0.15, 0.2) is 0 Å². The molecule has 1 aromatic carbocycles. The van der Waals surface area contributed by atoms with Crippen LogP contribution in [0.1, 0.15) is 20.3 Å². The maximum absolute atomic E-state index is 13.1. The average Bonchev–Trinajstić information content (AvgIpc) is 2.06. The van der Waals surface area contributed by atoms with Crippen LogP contribution in [0.2, 0.25) is 0 Å². The standard InChI is InChI=1S/C11H17FN2/c1-11(2,12)7-8-14-10-6-4-3-5-9(10)13/h3-6,14H,7-8,13H2,1-2H3. The first kappa shape index (κ1) is 10.8. The van der Waals surface area contributed by atoms with E-state index in [4.69, 9.17) is 5.73 Å². The fourth-order valence-electron chi connectivity index (χ4n) is 1.15. The molecule has 0 aliphatic carbocycles. The van der Waals surface area contributed by atoms with Crippen LogP contribution in [0.5, 0.6) is 0 Å². The molecular formula is C11H17FN2. The van der Waals surface area contributed by atoms with Gasteiger partial charge in [0.2, 0.25) is 0 Å². The van der Waals surface area contributed by atoms with Crippen LogP contribution in [0.3, 0.4) is 0 Å². The van der Waals surface area contributed by atoms with Crippen molar-refractivity contribution in [2.45, 2.75) is 25.9 Å². The average molecular weight is 196 g/mol. The molecule has 78 valence electrons. The summed E-state index contributed by atoms with van der Waals surface area (Å²) in [5.41, 5.74) is 6.16. The minimum atomic E-state index is -1.13. The van der Waals surface area contributed by atoms with Crippen molar-refractivity contribution in [3.8, 4) is 0 Å². The number of para-hydroxylation sites is 2. The number of rotatable bonds is 4. The van der Waals surface area contributed by atoms with Crippen molar-refractivity contribution in [1.29, 1.82) is 0 Å². The van der Waals surface area contributed by atoms with Crippen LogP contribution in [0, 0.1) is 0 Å². The highest BCUT2D eigenvalue weighted by molar-refractivity contribution is 5.65. The molecule has 0 atom stereocenters. The second kappa shape index (κ2) is 4.31. The summed E-state index contributed by atoms with van der Waals surface area (Å²) in [7, 11) is 0. The van der Waals surface area contributed by atoms with E-state index >= 15 is 0 Å². The van der Waals surface area contributed by atoms with E-state index in [0.717, 1.165) is 5.69 Å². The number of nitrogens with two attached hydrogens (primary N) is 1. The van der Waals surface area contributed by atoms with Crippen LogP contribution in [0.15, 0.2) is 24.3 Å². The van der Waals surface area contributed by atoms with E-state index in [2.05, 4.69) is 5.32 Å². The number of hydrogen-bond donors (Lipinski definition) is 2. The minimum Gasteiger partial charge on any atom is -0.397 e. The predicted molar refractivity (Wildman–Crippen MR) is 59.1 cm³/mol. The summed E-state index contributed by atoms with van der Waals surface area (Å²) >= 11 is 0. The van der Waals surface area contributed by atoms with Gasteiger partial charge in [-0.1, -0.05) is 12.1 Å². The number of nitrogen functional groups attached to an aromatic ring is 1. The van der Waals surface area contributed by atoms with Gasteiger partial charge in [-0.2, -0.15) is 0 Å². The molecule has 1 aromatic rings. The molecular weight excluding hydrogens is 179 g/mol. The first-order valence-electron chi connectivity index (χ1n) is 4.76. The highest BCUT2D eigenvalue weighted by Crippen LogP contribution is 2.18. The van der Waals surface area contributed by atoms with Crippen LogP contribution < -0.4 is 11.1 Å². The van der Waals surface area contributed by atoms with E-state index in [9.17, 15) is 4.39 Å². The minimum absolute atomic E-state index is 0.474. The van der Waals surface area contributed by atoms with Crippen LogP contribution in [-0.2, 0) is 0 Å². The van der Waals surface area contributed by atoms with Crippen molar-refractivity contribution in [1.82, 2.24) is 0 Å². The predicted octanol–water partition coefficient (Wildman–Crippen LogP) is 2.82. The first-order valence-corrected chi connectivity index (χ1v) is 4.76. The molecule has 0 aliphatic rings. The van der Waals surface area contributed by atoms with E-state index in [1.54, 1.807) is 13.8 Å². The van der Waals surface area contributed by atoms with Gasteiger partial charge in [-0.15, -0.1) is 0 Å². The first-order chi connectivity index (χ1) is 6.49. The molecule has 0 amide bonds. The lowest BCUT2D eigenvalue weighted by Gasteiger charge is -2.15. The van der Waals surface area contributed by atoms with Crippen LogP contribution in [0.25, 0.3) is 0 Å². The molecule has 2 nitrogen and oxygen atoms in total. The van der Waals surface area contributed by atoms with Gasteiger partial charge >= 0.3 is 0 Å². The topological polar surface area (TPSA) is 38.0 Å². The molecule has 3 N–H and O–H groups in total. The van der Waals surface area contributed by atoms with Crippen molar-refractivity contribution < 1.29 is 4.39 Å². The van der Waals surface area contributed by atoms with E-state index in [0.29, 0.717) is 18.7 Å². The van der Waals surface area contributed by atoms with Gasteiger partial charge in [-0.3, -0.25) is 0 Å². The number of alkyl halides is 1. The molecule has 0 spiro atoms. The molecule has 0 bridgehead atoms. The molecule has 0 radical (unpaired) electrons. The Balaban J connectivity index is 2.43. The van der Waals surface area contributed by atoms with Crippen molar-refractivity contribution in [3.05, 3.63) is 24.3 Å². The Morgan fingerprint density at radius 2 is 2.00 bits per heavy atom. The highest BCUT2D eigenvalue weighted by atomic mass is 19.1. The molecule has 0 unspecified atom stereocenters. The largest absolute Gasteiger partial charge is 0.397 e. The third kappa shape index (κ3) is 3.64. The zero-order chi connectivity index (χ0) is 10.6. The fourth-order valence-corrected chi connectivity index (χ4v) is 1.15. The second-order valence-electron chi connectivity index (χ2n) is 3.98. The summed E-state index contributed by atoms with van der Waals surface area (Å²) < 4.78 is 13.1. The number of benzene rings is 1. The summed E-state index contributed by atoms with van der Waals surface area (Å²) in [5.74, 6) is 0. The van der Waals surface area contributed by atoms with Gasteiger partial charge in [-0.25, -0.2) is 4.39 Å². The number of anilines is 2. The lowest BCUT2D eigenvalue weighted by atomic mass is 10.1. The maximum Gasteiger partial charge on any atom is 0.107 e. The molecule has 0 aliphatic heterocycles. The fraction of sp³-hybridized carbons (Fsp3) is 0.455. The molecule has 3 heteroatoms. The van der Waals surface area contributed by atoms with Gasteiger partial charge in [0.1, 0.15) is 5.67 Å². The third-order valence-electron chi connectivity index (χ3n) is 2.00. The summed E-state index contributed by atoms with van der Waals surface area (Å²) in [6, 6.07) is 7.49. The van der Waals surface area contributed by atoms with Crippen molar-refractivity contribution in [2.24, 2.45) is 0 Å². The molecule has 1 rings (SSSR count). The normalized spacial score (nSPS) is 11.4. The van der Waals surface area contributed by atoms with Gasteiger partial charge in [-0.05, 0) is 32.4 Å². The van der Waals surface area contributed by atoms with Crippen LogP contribution in [-0.4, -0.2) is 12.2 Å². The summed E-state index contributed by atoms with van der Waals surface area (Å²) in [6.45, 7) is 3.74. The zero-order valence-electron chi connectivity index (χ0n) is 8.68. The quantitative estimate of drug-likeness (QED) is 0.727. The van der Waals surface area contributed by atoms with E-state index in [-0.39, 0.29) is 0 Å². The zero-order valence-corrected chi connectivity index (χ0v) is 8.68. The Labute approximate surface area is 84.3 Å². The van der Waals surface area contributed by atoms with Crippen molar-refractivity contribution >= 4 is 11.4 Å². The third-order valence-corrected chi connectivity index (χ3v) is 2.00. The van der Waals surface area contributed by atoms with Gasteiger partial charge in [0.25, 0.3) is 0 Å². The number of halogens is 1. The Morgan fingerprint density at radius 3 is 2.57 bits per heavy atom. The van der Waals surface area contributed by atoms with Crippen molar-refractivity contribution in [3.63, 3.8) is 0 Å². The van der Waals surface area contributed by atoms with E-state index in [1.807, 2.05) is 24.3 Å². The Bertz CT molecular complexity index is 292. The van der Waals surface area contributed by atoms with E-state index in [1.165, 1.54) is 0 Å². The summed E-state index contributed by atoms with van der Waals surface area (Å²) in [4.78, 5) is 0. The Kier molecular flexibility index (Phi) is 3.33. The highest BCUT2D eigenvalue weighted by Gasteiger charge is 2.14. The molecule has 0 saturated carbocycles. The maximum atomic E-state index is 13.1. The molecule has 0 heterocycles. The lowest BCUT2D eigenvalue weighted by molar-refractivity contribution is 0.207. The molecule has 0 fully saturated rings. The van der Waals surface area contributed by atoms with Gasteiger partial charge < -0.3 is 11.1 Å². The van der Waals surface area contributed by atoms with Crippen molar-refractivity contribution in [2.75, 3.05) is 17.6 Å². The monoisotopic (exact) mass is 196 g/mol. The smallest absolute Gasteiger partial charge is 0.107 e. The van der Waals surface area contributed by atoms with Crippen LogP contribution in [0.4, 0.5) is 15.8 Å². The number of hydrogen-bond acceptors (Lipinski definition) is 2. The SMILES string of the molecule is CC(C)(F)CCNc1ccccc1N. The molecule has 0 saturated heterocycles.